The summed E-state index contributed by atoms with van der Waals surface area (Å²) in [5, 5.41) is 3.05. The molecule has 0 atom stereocenters. The molecular weight excluding hydrogens is 304 g/mol. The van der Waals surface area contributed by atoms with Crippen LogP contribution in [0.4, 0.5) is 0 Å². The van der Waals surface area contributed by atoms with Gasteiger partial charge in [-0.2, -0.15) is 0 Å². The molecule has 1 aromatic rings. The van der Waals surface area contributed by atoms with Gasteiger partial charge in [-0.15, -0.1) is 0 Å². The first-order chi connectivity index (χ1) is 11.3. The van der Waals surface area contributed by atoms with Crippen molar-refractivity contribution in [2.75, 3.05) is 19.8 Å². The summed E-state index contributed by atoms with van der Waals surface area (Å²) in [5.41, 5.74) is 7.21. The van der Waals surface area contributed by atoms with Crippen LogP contribution in [0, 0.1) is 12.3 Å². The minimum Gasteiger partial charge on any atom is -0.488 e. The molecule has 1 aliphatic rings. The third kappa shape index (κ3) is 4.71. The predicted octanol–water partition coefficient (Wildman–Crippen LogP) is 2.54. The summed E-state index contributed by atoms with van der Waals surface area (Å²) in [6.07, 6.45) is 1.35. The van der Waals surface area contributed by atoms with Crippen LogP contribution in [-0.4, -0.2) is 31.3 Å². The highest BCUT2D eigenvalue weighted by Crippen LogP contribution is 2.30. The van der Waals surface area contributed by atoms with Crippen molar-refractivity contribution in [1.82, 2.24) is 5.32 Å². The minimum absolute atomic E-state index is 0.00980. The molecule has 1 fully saturated rings. The second-order valence-electron chi connectivity index (χ2n) is 7.61. The number of ether oxygens (including phenoxy) is 2. The first-order valence-corrected chi connectivity index (χ1v) is 8.60. The molecule has 0 radical (unpaired) electrons. The molecule has 0 saturated carbocycles. The maximum absolute atomic E-state index is 12.7. The normalized spacial score (nSPS) is 17.4. The molecule has 1 aromatic carbocycles. The average molecular weight is 334 g/mol. The van der Waals surface area contributed by atoms with Gasteiger partial charge in [0.05, 0.1) is 5.41 Å². The lowest BCUT2D eigenvalue weighted by molar-refractivity contribution is -0.136. The Morgan fingerprint density at radius 3 is 2.58 bits per heavy atom. The van der Waals surface area contributed by atoms with E-state index in [2.05, 4.69) is 5.32 Å². The number of benzene rings is 1. The lowest BCUT2D eigenvalue weighted by Gasteiger charge is -2.34. The van der Waals surface area contributed by atoms with Gasteiger partial charge in [0, 0.05) is 31.9 Å². The van der Waals surface area contributed by atoms with Crippen molar-refractivity contribution in [2.45, 2.75) is 52.7 Å². The zero-order chi connectivity index (χ0) is 17.8. The molecule has 5 nitrogen and oxygen atoms in total. The molecule has 1 heterocycles. The van der Waals surface area contributed by atoms with Crippen molar-refractivity contribution in [3.05, 3.63) is 29.3 Å². The Bertz CT molecular complexity index is 572. The van der Waals surface area contributed by atoms with Crippen LogP contribution in [0.15, 0.2) is 18.2 Å². The van der Waals surface area contributed by atoms with Gasteiger partial charge in [-0.05, 0) is 52.2 Å². The second kappa shape index (κ2) is 7.53. The standard InChI is InChI=1S/C19H30N2O3/c1-14-5-6-15(16(11-14)24-18(2,3)4)12-21-17(22)19(13-20)7-9-23-10-8-19/h5-6,11H,7-10,12-13,20H2,1-4H3,(H,21,22). The number of hydrogen-bond acceptors (Lipinski definition) is 4. The lowest BCUT2D eigenvalue weighted by Crippen LogP contribution is -2.49. The Balaban J connectivity index is 2.09. The minimum atomic E-state index is -0.506. The number of carbonyl (C=O) groups excluding carboxylic acids is 1. The van der Waals surface area contributed by atoms with Crippen molar-refractivity contribution >= 4 is 5.91 Å². The van der Waals surface area contributed by atoms with Gasteiger partial charge in [0.15, 0.2) is 0 Å². The fraction of sp³-hybridized carbons (Fsp3) is 0.632. The molecule has 1 amide bonds. The zero-order valence-corrected chi connectivity index (χ0v) is 15.3. The van der Waals surface area contributed by atoms with Crippen LogP contribution in [0.2, 0.25) is 0 Å². The van der Waals surface area contributed by atoms with Gasteiger partial charge >= 0.3 is 0 Å². The van der Waals surface area contributed by atoms with E-state index in [1.165, 1.54) is 0 Å². The SMILES string of the molecule is Cc1ccc(CNC(=O)C2(CN)CCOCC2)c(OC(C)(C)C)c1. The Morgan fingerprint density at radius 1 is 1.33 bits per heavy atom. The van der Waals surface area contributed by atoms with Crippen molar-refractivity contribution in [3.63, 3.8) is 0 Å². The van der Waals surface area contributed by atoms with Crippen LogP contribution < -0.4 is 15.8 Å². The van der Waals surface area contributed by atoms with Crippen LogP contribution in [0.1, 0.15) is 44.7 Å². The number of amides is 1. The van der Waals surface area contributed by atoms with E-state index in [0.29, 0.717) is 39.1 Å². The van der Waals surface area contributed by atoms with E-state index in [1.54, 1.807) is 0 Å². The largest absolute Gasteiger partial charge is 0.488 e. The first kappa shape index (κ1) is 18.7. The van der Waals surface area contributed by atoms with Crippen LogP contribution in [-0.2, 0) is 16.1 Å². The van der Waals surface area contributed by atoms with Gasteiger partial charge in [0.1, 0.15) is 11.4 Å². The van der Waals surface area contributed by atoms with Gasteiger partial charge in [0.25, 0.3) is 0 Å². The van der Waals surface area contributed by atoms with Gasteiger partial charge in [-0.25, -0.2) is 0 Å². The molecule has 0 spiro atoms. The van der Waals surface area contributed by atoms with E-state index >= 15 is 0 Å². The predicted molar refractivity (Wildman–Crippen MR) is 94.9 cm³/mol. The molecule has 0 bridgehead atoms. The van der Waals surface area contributed by atoms with E-state index in [-0.39, 0.29) is 11.5 Å². The third-order valence-corrected chi connectivity index (χ3v) is 4.40. The number of hydrogen-bond donors (Lipinski definition) is 2. The van der Waals surface area contributed by atoms with Gasteiger partial charge in [0.2, 0.25) is 5.91 Å². The van der Waals surface area contributed by atoms with Gasteiger partial charge in [-0.3, -0.25) is 4.79 Å². The molecule has 1 aliphatic heterocycles. The topological polar surface area (TPSA) is 73.6 Å². The van der Waals surface area contributed by atoms with Crippen molar-refractivity contribution in [3.8, 4) is 5.75 Å². The number of nitrogens with two attached hydrogens (primary N) is 1. The molecule has 0 unspecified atom stereocenters. The maximum Gasteiger partial charge on any atom is 0.227 e. The highest BCUT2D eigenvalue weighted by molar-refractivity contribution is 5.83. The van der Waals surface area contributed by atoms with Crippen molar-refractivity contribution in [1.29, 1.82) is 0 Å². The molecule has 5 heteroatoms. The Labute approximate surface area is 144 Å². The fourth-order valence-corrected chi connectivity index (χ4v) is 2.88. The molecule has 0 aliphatic carbocycles. The Hall–Kier alpha value is -1.59. The second-order valence-corrected chi connectivity index (χ2v) is 7.61. The summed E-state index contributed by atoms with van der Waals surface area (Å²) in [4.78, 5) is 12.7. The monoisotopic (exact) mass is 334 g/mol. The zero-order valence-electron chi connectivity index (χ0n) is 15.3. The van der Waals surface area contributed by atoms with Crippen LogP contribution in [0.5, 0.6) is 5.75 Å². The third-order valence-electron chi connectivity index (χ3n) is 4.40. The highest BCUT2D eigenvalue weighted by Gasteiger charge is 2.38. The van der Waals surface area contributed by atoms with E-state index in [0.717, 1.165) is 16.9 Å². The molecule has 2 rings (SSSR count). The van der Waals surface area contributed by atoms with E-state index < -0.39 is 5.41 Å². The summed E-state index contributed by atoms with van der Waals surface area (Å²) in [5.74, 6) is 0.826. The Morgan fingerprint density at radius 2 is 2.00 bits per heavy atom. The van der Waals surface area contributed by atoms with Crippen LogP contribution in [0.3, 0.4) is 0 Å². The molecule has 0 aromatic heterocycles. The maximum atomic E-state index is 12.7. The number of aryl methyl sites for hydroxylation is 1. The van der Waals surface area contributed by atoms with E-state index in [1.807, 2.05) is 45.9 Å². The highest BCUT2D eigenvalue weighted by atomic mass is 16.5. The summed E-state index contributed by atoms with van der Waals surface area (Å²) >= 11 is 0. The number of carbonyl (C=O) groups is 1. The van der Waals surface area contributed by atoms with Crippen LogP contribution in [0.25, 0.3) is 0 Å². The summed E-state index contributed by atoms with van der Waals surface area (Å²) in [6.45, 7) is 10.0. The van der Waals surface area contributed by atoms with E-state index in [4.69, 9.17) is 15.2 Å². The average Bonchev–Trinajstić information content (AvgIpc) is 2.53. The molecule has 3 N–H and O–H groups in total. The smallest absolute Gasteiger partial charge is 0.227 e. The quantitative estimate of drug-likeness (QED) is 0.868. The van der Waals surface area contributed by atoms with Crippen LogP contribution >= 0.6 is 0 Å². The summed E-state index contributed by atoms with van der Waals surface area (Å²) < 4.78 is 11.4. The Kier molecular flexibility index (Phi) is 5.88. The molecular formula is C19H30N2O3. The molecule has 1 saturated heterocycles. The lowest BCUT2D eigenvalue weighted by atomic mass is 9.79. The molecule has 24 heavy (non-hydrogen) atoms. The fourth-order valence-electron chi connectivity index (χ4n) is 2.88. The van der Waals surface area contributed by atoms with Gasteiger partial charge in [-0.1, -0.05) is 12.1 Å². The summed E-state index contributed by atoms with van der Waals surface area (Å²) in [7, 11) is 0. The van der Waals surface area contributed by atoms with Gasteiger partial charge < -0.3 is 20.5 Å². The summed E-state index contributed by atoms with van der Waals surface area (Å²) in [6, 6.07) is 6.06. The first-order valence-electron chi connectivity index (χ1n) is 8.60. The number of nitrogens with one attached hydrogen (secondary N) is 1. The molecule has 134 valence electrons. The number of rotatable bonds is 5. The van der Waals surface area contributed by atoms with E-state index in [9.17, 15) is 4.79 Å². The van der Waals surface area contributed by atoms with Crippen molar-refractivity contribution in [2.24, 2.45) is 11.1 Å². The van der Waals surface area contributed by atoms with Crippen molar-refractivity contribution < 1.29 is 14.3 Å².